The lowest BCUT2D eigenvalue weighted by atomic mass is 10.2. The maximum atomic E-state index is 6.13. The van der Waals surface area contributed by atoms with E-state index in [1.165, 1.54) is 6.21 Å². The van der Waals surface area contributed by atoms with E-state index in [-0.39, 0.29) is 0 Å². The zero-order valence-electron chi connectivity index (χ0n) is 13.7. The number of hydrogen-bond acceptors (Lipinski definition) is 5. The van der Waals surface area contributed by atoms with Crippen molar-refractivity contribution in [3.63, 3.8) is 0 Å². The Hall–Kier alpha value is -2.35. The number of nitrogens with one attached hydrogen (secondary N) is 2. The summed E-state index contributed by atoms with van der Waals surface area (Å²) in [5.41, 5.74) is 4.30. The van der Waals surface area contributed by atoms with Gasteiger partial charge in [0.15, 0.2) is 5.82 Å². The summed E-state index contributed by atoms with van der Waals surface area (Å²) in [6, 6.07) is 12.8. The summed E-state index contributed by atoms with van der Waals surface area (Å²) in [7, 11) is 0. The summed E-state index contributed by atoms with van der Waals surface area (Å²) < 4.78 is 7.37. The molecule has 0 saturated heterocycles. The van der Waals surface area contributed by atoms with Gasteiger partial charge in [-0.15, -0.1) is 0 Å². The number of benzene rings is 2. The highest BCUT2D eigenvalue weighted by atomic mass is 35.5. The number of nitrogens with zero attached hydrogens (tertiary/aromatic N) is 3. The Morgan fingerprint density at radius 1 is 1.23 bits per heavy atom. The molecular formula is C17H15Cl2N5OS. The fourth-order valence-corrected chi connectivity index (χ4v) is 2.90. The van der Waals surface area contributed by atoms with E-state index in [0.717, 1.165) is 11.3 Å². The fraction of sp³-hybridized carbons (Fsp3) is 0.118. The molecule has 0 spiro atoms. The highest BCUT2D eigenvalue weighted by Crippen LogP contribution is 2.23. The lowest BCUT2D eigenvalue weighted by molar-refractivity contribution is 0.340. The molecule has 3 rings (SSSR count). The molecule has 0 aliphatic carbocycles. The molecule has 0 unspecified atom stereocenters. The Labute approximate surface area is 165 Å². The van der Waals surface area contributed by atoms with Crippen LogP contribution in [-0.4, -0.2) is 27.7 Å². The van der Waals surface area contributed by atoms with Crippen molar-refractivity contribution < 1.29 is 4.74 Å². The van der Waals surface area contributed by atoms with Crippen LogP contribution in [0.25, 0.3) is 11.4 Å². The normalized spacial score (nSPS) is 11.0. The molecule has 2 N–H and O–H groups in total. The quantitative estimate of drug-likeness (QED) is 0.346. The van der Waals surface area contributed by atoms with E-state index in [0.29, 0.717) is 32.8 Å². The second-order valence-corrected chi connectivity index (χ2v) is 6.34. The van der Waals surface area contributed by atoms with Crippen molar-refractivity contribution in [3.8, 4) is 17.1 Å². The molecule has 9 heteroatoms. The molecule has 0 aliphatic rings. The van der Waals surface area contributed by atoms with Crippen LogP contribution < -0.4 is 10.3 Å². The second-order valence-electron chi connectivity index (χ2n) is 5.14. The van der Waals surface area contributed by atoms with Crippen molar-refractivity contribution in [2.24, 2.45) is 5.10 Å². The molecule has 0 aliphatic heterocycles. The van der Waals surface area contributed by atoms with Crippen LogP contribution in [0.2, 0.25) is 10.0 Å². The minimum atomic E-state index is 0.372. The maximum Gasteiger partial charge on any atom is 0.216 e. The van der Waals surface area contributed by atoms with Gasteiger partial charge in [-0.05, 0) is 55.5 Å². The summed E-state index contributed by atoms with van der Waals surface area (Å²) in [5.74, 6) is 1.37. The molecule has 1 aromatic heterocycles. The third-order valence-electron chi connectivity index (χ3n) is 3.45. The van der Waals surface area contributed by atoms with Gasteiger partial charge in [-0.2, -0.15) is 14.9 Å². The van der Waals surface area contributed by atoms with E-state index < -0.39 is 0 Å². The molecule has 134 valence electrons. The molecule has 2 aromatic carbocycles. The predicted molar refractivity (Wildman–Crippen MR) is 107 cm³/mol. The number of hydrogen-bond donors (Lipinski definition) is 2. The Balaban J connectivity index is 1.84. The molecule has 3 aromatic rings. The first-order chi connectivity index (χ1) is 12.6. The van der Waals surface area contributed by atoms with Gasteiger partial charge >= 0.3 is 0 Å². The van der Waals surface area contributed by atoms with Crippen LogP contribution in [0.3, 0.4) is 0 Å². The highest BCUT2D eigenvalue weighted by Gasteiger charge is 2.09. The van der Waals surface area contributed by atoms with Gasteiger partial charge in [-0.3, -0.25) is 0 Å². The van der Waals surface area contributed by atoms with Crippen molar-refractivity contribution in [1.82, 2.24) is 14.9 Å². The van der Waals surface area contributed by atoms with Crippen LogP contribution in [0.1, 0.15) is 12.5 Å². The Kier molecular flexibility index (Phi) is 5.92. The molecule has 0 radical (unpaired) electrons. The van der Waals surface area contributed by atoms with Crippen LogP contribution in [0, 0.1) is 4.77 Å². The first kappa shape index (κ1) is 18.4. The summed E-state index contributed by atoms with van der Waals surface area (Å²) in [6.07, 6.45) is 1.53. The molecular weight excluding hydrogens is 393 g/mol. The number of ether oxygens (including phenoxy) is 1. The molecule has 26 heavy (non-hydrogen) atoms. The summed E-state index contributed by atoms with van der Waals surface area (Å²) >= 11 is 17.5. The van der Waals surface area contributed by atoms with Gasteiger partial charge in [0.2, 0.25) is 4.77 Å². The summed E-state index contributed by atoms with van der Waals surface area (Å²) in [4.78, 5) is 0. The molecule has 1 heterocycles. The lowest BCUT2D eigenvalue weighted by Gasteiger charge is -2.07. The monoisotopic (exact) mass is 407 g/mol. The molecule has 0 atom stereocenters. The Morgan fingerprint density at radius 2 is 1.92 bits per heavy atom. The minimum absolute atomic E-state index is 0.372. The number of aromatic nitrogens is 3. The Morgan fingerprint density at radius 3 is 2.58 bits per heavy atom. The van der Waals surface area contributed by atoms with Crippen LogP contribution in [0.5, 0.6) is 5.75 Å². The van der Waals surface area contributed by atoms with E-state index >= 15 is 0 Å². The average Bonchev–Trinajstić information content (AvgIpc) is 2.99. The van der Waals surface area contributed by atoms with E-state index in [1.807, 2.05) is 31.2 Å². The number of rotatable bonds is 6. The van der Waals surface area contributed by atoms with Crippen LogP contribution in [0.15, 0.2) is 47.6 Å². The van der Waals surface area contributed by atoms with Crippen LogP contribution >= 0.6 is 35.4 Å². The number of H-pyrrole nitrogens is 1. The summed E-state index contributed by atoms with van der Waals surface area (Å²) in [6.45, 7) is 2.55. The van der Waals surface area contributed by atoms with Crippen molar-refractivity contribution in [2.45, 2.75) is 6.92 Å². The van der Waals surface area contributed by atoms with Crippen molar-refractivity contribution in [3.05, 3.63) is 62.8 Å². The smallest absolute Gasteiger partial charge is 0.216 e. The molecule has 0 fully saturated rings. The first-order valence-electron chi connectivity index (χ1n) is 7.74. The molecule has 6 nitrogen and oxygen atoms in total. The largest absolute Gasteiger partial charge is 0.494 e. The van der Waals surface area contributed by atoms with Gasteiger partial charge in [0.1, 0.15) is 5.75 Å². The van der Waals surface area contributed by atoms with Gasteiger partial charge in [-0.25, -0.2) is 10.6 Å². The number of halogens is 2. The first-order valence-corrected chi connectivity index (χ1v) is 8.90. The zero-order valence-corrected chi connectivity index (χ0v) is 16.1. The standard InChI is InChI=1S/C17H15Cl2N5OS/c1-2-25-12-8-6-11(7-9-12)16-21-22-17(26)24(16)23-20-10-13-14(18)4-3-5-15(13)19/h3-10,23H,2H2,1H3,(H,22,26)/b20-10-. The minimum Gasteiger partial charge on any atom is -0.494 e. The van der Waals surface area contributed by atoms with Gasteiger partial charge < -0.3 is 4.74 Å². The molecule has 0 saturated carbocycles. The van der Waals surface area contributed by atoms with E-state index in [2.05, 4.69) is 20.8 Å². The highest BCUT2D eigenvalue weighted by molar-refractivity contribution is 7.71. The third kappa shape index (κ3) is 4.07. The number of hydrazone groups is 1. The molecule has 0 bridgehead atoms. The number of aromatic amines is 1. The average molecular weight is 408 g/mol. The van der Waals surface area contributed by atoms with E-state index in [9.17, 15) is 0 Å². The second kappa shape index (κ2) is 8.35. The fourth-order valence-electron chi connectivity index (χ4n) is 2.24. The molecule has 0 amide bonds. The summed E-state index contributed by atoms with van der Waals surface area (Å²) in [5, 5.41) is 12.2. The van der Waals surface area contributed by atoms with Gasteiger partial charge in [0.25, 0.3) is 0 Å². The maximum absolute atomic E-state index is 6.13. The Bertz CT molecular complexity index is 961. The van der Waals surface area contributed by atoms with Gasteiger partial charge in [0.05, 0.1) is 22.9 Å². The SMILES string of the molecule is CCOc1ccc(-c2n[nH]c(=S)n2N/N=C\c2c(Cl)cccc2Cl)cc1. The van der Waals surface area contributed by atoms with Gasteiger partial charge in [-0.1, -0.05) is 29.3 Å². The van der Waals surface area contributed by atoms with Crippen molar-refractivity contribution in [2.75, 3.05) is 12.1 Å². The van der Waals surface area contributed by atoms with Crippen molar-refractivity contribution >= 4 is 41.6 Å². The van der Waals surface area contributed by atoms with E-state index in [4.69, 9.17) is 40.2 Å². The van der Waals surface area contributed by atoms with Crippen LogP contribution in [-0.2, 0) is 0 Å². The zero-order chi connectivity index (χ0) is 18.5. The van der Waals surface area contributed by atoms with Crippen LogP contribution in [0.4, 0.5) is 0 Å². The third-order valence-corrected chi connectivity index (χ3v) is 4.38. The lowest BCUT2D eigenvalue weighted by Crippen LogP contribution is -2.10. The van der Waals surface area contributed by atoms with E-state index in [1.54, 1.807) is 22.9 Å². The van der Waals surface area contributed by atoms with Gasteiger partial charge in [0, 0.05) is 11.1 Å². The topological polar surface area (TPSA) is 67.2 Å². The van der Waals surface area contributed by atoms with Crippen molar-refractivity contribution in [1.29, 1.82) is 0 Å². The predicted octanol–water partition coefficient (Wildman–Crippen LogP) is 4.89.